The summed E-state index contributed by atoms with van der Waals surface area (Å²) in [6, 6.07) is 0. The van der Waals surface area contributed by atoms with Gasteiger partial charge in [0.05, 0.1) is 0 Å². The SMILES string of the molecule is C=CC(=NC)[S-](=O)=NC(=O)OC(C)(C)C. The molecule has 15 heavy (non-hydrogen) atoms. The summed E-state index contributed by atoms with van der Waals surface area (Å²) in [6.07, 6.45) is 0.410. The topological polar surface area (TPSA) is 68.1 Å². The lowest BCUT2D eigenvalue weighted by atomic mass is 10.2. The van der Waals surface area contributed by atoms with Crippen LogP contribution in [0.4, 0.5) is 4.79 Å². The van der Waals surface area contributed by atoms with Gasteiger partial charge in [-0.2, -0.15) is 0 Å². The van der Waals surface area contributed by atoms with Crippen molar-refractivity contribution >= 4 is 21.7 Å². The van der Waals surface area contributed by atoms with Gasteiger partial charge < -0.3 is 13.9 Å². The maximum absolute atomic E-state index is 11.3. The molecule has 0 fully saturated rings. The maximum Gasteiger partial charge on any atom is 0.410 e. The van der Waals surface area contributed by atoms with Crippen molar-refractivity contribution in [3.05, 3.63) is 12.7 Å². The number of amides is 1. The van der Waals surface area contributed by atoms with Crippen LogP contribution in [0.5, 0.6) is 0 Å². The van der Waals surface area contributed by atoms with Gasteiger partial charge in [-0.3, -0.25) is 4.36 Å². The highest BCUT2D eigenvalue weighted by Gasteiger charge is 2.13. The lowest BCUT2D eigenvalue weighted by Crippen LogP contribution is -2.22. The highest BCUT2D eigenvalue weighted by atomic mass is 32.2. The second-order valence-electron chi connectivity index (χ2n) is 3.59. The number of ether oxygens (including phenoxy) is 1. The fourth-order valence-corrected chi connectivity index (χ4v) is 1.20. The summed E-state index contributed by atoms with van der Waals surface area (Å²) in [6.45, 7) is 8.50. The number of hydrogen-bond donors (Lipinski definition) is 0. The predicted octanol–water partition coefficient (Wildman–Crippen LogP) is 2.28. The molecule has 0 heterocycles. The summed E-state index contributed by atoms with van der Waals surface area (Å²) in [5.74, 6) is 0. The minimum atomic E-state index is -1.84. The van der Waals surface area contributed by atoms with Crippen molar-refractivity contribution in [3.8, 4) is 0 Å². The van der Waals surface area contributed by atoms with Crippen molar-refractivity contribution in [3.63, 3.8) is 0 Å². The van der Waals surface area contributed by atoms with Crippen molar-refractivity contribution in [2.24, 2.45) is 9.36 Å². The van der Waals surface area contributed by atoms with E-state index >= 15 is 0 Å². The van der Waals surface area contributed by atoms with E-state index in [1.54, 1.807) is 20.8 Å². The lowest BCUT2D eigenvalue weighted by molar-refractivity contribution is 0.0608. The first-order valence-corrected chi connectivity index (χ1v) is 5.36. The third-order valence-corrected chi connectivity index (χ3v) is 2.15. The van der Waals surface area contributed by atoms with Gasteiger partial charge in [0, 0.05) is 7.05 Å². The first-order valence-electron chi connectivity index (χ1n) is 4.26. The van der Waals surface area contributed by atoms with Gasteiger partial charge in [-0.1, -0.05) is 12.7 Å². The van der Waals surface area contributed by atoms with Crippen molar-refractivity contribution in [2.75, 3.05) is 7.05 Å². The molecule has 0 saturated carbocycles. The lowest BCUT2D eigenvalue weighted by Gasteiger charge is -2.18. The fourth-order valence-electron chi connectivity index (χ4n) is 0.636. The minimum absolute atomic E-state index is 0.140. The zero-order valence-electron chi connectivity index (χ0n) is 9.31. The van der Waals surface area contributed by atoms with Crippen LogP contribution < -0.4 is 0 Å². The van der Waals surface area contributed by atoms with E-state index in [1.807, 2.05) is 0 Å². The van der Waals surface area contributed by atoms with E-state index in [9.17, 15) is 9.00 Å². The first kappa shape index (κ1) is 13.8. The van der Waals surface area contributed by atoms with E-state index in [1.165, 1.54) is 13.1 Å². The molecule has 0 N–H and O–H groups in total. The van der Waals surface area contributed by atoms with Gasteiger partial charge in [0.25, 0.3) is 0 Å². The molecule has 0 unspecified atom stereocenters. The Balaban J connectivity index is 4.72. The number of carbonyl (C=O) groups is 1. The number of nitrogens with zero attached hydrogens (tertiary/aromatic N) is 2. The smallest absolute Gasteiger partial charge is 0.410 e. The van der Waals surface area contributed by atoms with E-state index in [4.69, 9.17) is 4.74 Å². The van der Waals surface area contributed by atoms with Crippen molar-refractivity contribution in [1.82, 2.24) is 0 Å². The van der Waals surface area contributed by atoms with Gasteiger partial charge in [-0.25, -0.2) is 4.79 Å². The van der Waals surface area contributed by atoms with Crippen LogP contribution in [0.25, 0.3) is 0 Å². The Bertz CT molecular complexity index is 360. The monoisotopic (exact) mass is 231 g/mol. The number of hydrogen-bond acceptors (Lipinski definition) is 5. The predicted molar refractivity (Wildman–Crippen MR) is 60.3 cm³/mol. The zero-order chi connectivity index (χ0) is 12.1. The number of aliphatic imine (C=N–C) groups is 1. The highest BCUT2D eigenvalue weighted by Crippen LogP contribution is 2.08. The van der Waals surface area contributed by atoms with E-state index in [0.29, 0.717) is 0 Å². The molecule has 0 aliphatic carbocycles. The largest absolute Gasteiger partial charge is 0.444 e. The Hall–Kier alpha value is -1.17. The molecular weight excluding hydrogens is 216 g/mol. The average molecular weight is 231 g/mol. The van der Waals surface area contributed by atoms with Crippen LogP contribution in [-0.2, 0) is 19.5 Å². The maximum atomic E-state index is 11.3. The highest BCUT2D eigenvalue weighted by molar-refractivity contribution is 7.92. The van der Waals surface area contributed by atoms with Gasteiger partial charge in [0.2, 0.25) is 0 Å². The second kappa shape index (κ2) is 5.65. The summed E-state index contributed by atoms with van der Waals surface area (Å²) in [5, 5.41) is 0.140. The molecule has 0 radical (unpaired) electrons. The molecule has 0 aromatic rings. The standard InChI is InChI=1S/C9H15N2O3S/c1-6-7(10-5)15(13)11-8(12)14-9(2,3)4/h6H,1H2,2-5H3/q-1. The molecule has 0 spiro atoms. The third-order valence-electron chi connectivity index (χ3n) is 1.12. The quantitative estimate of drug-likeness (QED) is 0.395. The van der Waals surface area contributed by atoms with Crippen LogP contribution in [0.2, 0.25) is 0 Å². The Kier molecular flexibility index (Phi) is 5.21. The second-order valence-corrected chi connectivity index (χ2v) is 4.69. The molecule has 0 aliphatic rings. The molecule has 0 aromatic heterocycles. The molecule has 0 rings (SSSR count). The molecule has 0 saturated heterocycles. The minimum Gasteiger partial charge on any atom is -0.444 e. The van der Waals surface area contributed by atoms with Crippen LogP contribution in [-0.4, -0.2) is 23.8 Å². The van der Waals surface area contributed by atoms with Crippen molar-refractivity contribution in [2.45, 2.75) is 26.4 Å². The Labute approximate surface area is 91.4 Å². The Morgan fingerprint density at radius 3 is 2.33 bits per heavy atom. The summed E-state index contributed by atoms with van der Waals surface area (Å²) in [7, 11) is -0.396. The summed E-state index contributed by atoms with van der Waals surface area (Å²) >= 11 is 0. The van der Waals surface area contributed by atoms with Crippen molar-refractivity contribution < 1.29 is 13.7 Å². The molecule has 1 amide bonds. The van der Waals surface area contributed by atoms with Crippen LogP contribution >= 0.6 is 0 Å². The van der Waals surface area contributed by atoms with Crippen molar-refractivity contribution in [1.29, 1.82) is 0 Å². The summed E-state index contributed by atoms with van der Waals surface area (Å²) in [5.41, 5.74) is -0.650. The molecule has 6 heteroatoms. The van der Waals surface area contributed by atoms with Crippen LogP contribution in [0, 0.1) is 0 Å². The summed E-state index contributed by atoms with van der Waals surface area (Å²) in [4.78, 5) is 14.8. The van der Waals surface area contributed by atoms with E-state index in [0.717, 1.165) is 0 Å². The van der Waals surface area contributed by atoms with E-state index in [2.05, 4.69) is 15.9 Å². The molecule has 0 aliphatic heterocycles. The Morgan fingerprint density at radius 2 is 2.00 bits per heavy atom. The zero-order valence-corrected chi connectivity index (χ0v) is 10.1. The van der Waals surface area contributed by atoms with Crippen LogP contribution in [0.3, 0.4) is 0 Å². The van der Waals surface area contributed by atoms with E-state index in [-0.39, 0.29) is 5.04 Å². The number of rotatable bonds is 1. The molecular formula is C9H15N2O3S-. The van der Waals surface area contributed by atoms with Gasteiger partial charge in [0.1, 0.15) is 5.60 Å². The normalized spacial score (nSPS) is 14.8. The molecule has 0 atom stereocenters. The number of carbonyl (C=O) groups excluding carboxylic acids is 1. The van der Waals surface area contributed by atoms with Gasteiger partial charge >= 0.3 is 6.09 Å². The molecule has 5 nitrogen and oxygen atoms in total. The molecule has 86 valence electrons. The van der Waals surface area contributed by atoms with Crippen LogP contribution in [0.1, 0.15) is 20.8 Å². The first-order chi connectivity index (χ1) is 6.80. The third kappa shape index (κ3) is 6.01. The average Bonchev–Trinajstić information content (AvgIpc) is 2.02. The van der Waals surface area contributed by atoms with Gasteiger partial charge in [0.15, 0.2) is 0 Å². The molecule has 0 aromatic carbocycles. The van der Waals surface area contributed by atoms with Gasteiger partial charge in [-0.15, -0.1) is 10.6 Å². The summed E-state index contributed by atoms with van der Waals surface area (Å²) < 4.78 is 19.5. The molecule has 0 bridgehead atoms. The van der Waals surface area contributed by atoms with Crippen LogP contribution in [0.15, 0.2) is 22.0 Å². The van der Waals surface area contributed by atoms with E-state index < -0.39 is 22.3 Å². The Morgan fingerprint density at radius 1 is 1.47 bits per heavy atom. The van der Waals surface area contributed by atoms with Gasteiger partial charge in [-0.05, 0) is 25.8 Å². The fraction of sp³-hybridized carbons (Fsp3) is 0.556.